The largest absolute Gasteiger partial charge is 0.449 e. The second-order valence-corrected chi connectivity index (χ2v) is 2.47. The Labute approximate surface area is 72.3 Å². The number of hydrogen-bond donors (Lipinski definition) is 1. The van der Waals surface area contributed by atoms with Crippen LogP contribution in [0.5, 0.6) is 0 Å². The Morgan fingerprint density at radius 3 is 2.31 bits per heavy atom. The van der Waals surface area contributed by atoms with Crippen LogP contribution < -0.4 is 5.46 Å². The molecule has 0 saturated heterocycles. The topological polar surface area (TPSA) is 20.2 Å². The van der Waals surface area contributed by atoms with Gasteiger partial charge in [-0.1, -0.05) is 17.6 Å². The lowest BCUT2D eigenvalue weighted by Gasteiger charge is -2.08. The minimum Gasteiger partial charge on any atom is -0.449 e. The van der Waals surface area contributed by atoms with E-state index in [0.717, 1.165) is 6.07 Å². The molecule has 6 heteroatoms. The van der Waals surface area contributed by atoms with Gasteiger partial charge in [0, 0.05) is 0 Å². The Balaban J connectivity index is 3.19. The van der Waals surface area contributed by atoms with Gasteiger partial charge in [0.25, 0.3) is 0 Å². The number of halogens is 4. The molecule has 0 unspecified atom stereocenters. The van der Waals surface area contributed by atoms with E-state index in [1.54, 1.807) is 0 Å². The normalized spacial score (nSPS) is 11.5. The lowest BCUT2D eigenvalue weighted by molar-refractivity contribution is -0.139. The van der Waals surface area contributed by atoms with Crippen molar-refractivity contribution in [3.63, 3.8) is 0 Å². The molecule has 0 saturated carbocycles. The fourth-order valence-electron chi connectivity index (χ4n) is 0.888. The van der Waals surface area contributed by atoms with Crippen molar-refractivity contribution in [1.82, 2.24) is 0 Å². The molecule has 0 spiro atoms. The van der Waals surface area contributed by atoms with Crippen molar-refractivity contribution in [3.8, 4) is 0 Å². The Morgan fingerprint density at radius 2 is 1.85 bits per heavy atom. The van der Waals surface area contributed by atoms with Crippen LogP contribution in [0.2, 0.25) is 0 Å². The zero-order chi connectivity index (χ0) is 10.1. The third-order valence-electron chi connectivity index (χ3n) is 1.52. The molecule has 0 aliphatic carbocycles. The lowest BCUT2D eigenvalue weighted by Crippen LogP contribution is -2.18. The van der Waals surface area contributed by atoms with Crippen LogP contribution in [0.3, 0.4) is 0 Å². The predicted octanol–water partition coefficient (Wildman–Crippen LogP) is 0.814. The molecule has 0 radical (unpaired) electrons. The maximum atomic E-state index is 12.6. The van der Waals surface area contributed by atoms with E-state index < -0.39 is 25.0 Å². The molecule has 0 atom stereocenters. The molecule has 0 amide bonds. The molecule has 1 N–H and O–H groups in total. The molecular weight excluding hydrogens is 187 g/mol. The first-order valence-corrected chi connectivity index (χ1v) is 3.41. The second kappa shape index (κ2) is 3.37. The van der Waals surface area contributed by atoms with Crippen LogP contribution in [0.25, 0.3) is 0 Å². The van der Waals surface area contributed by atoms with E-state index in [2.05, 4.69) is 0 Å². The molecule has 13 heavy (non-hydrogen) atoms. The fraction of sp³-hybridized carbons (Fsp3) is 0.143. The maximum absolute atomic E-state index is 12.6. The molecule has 1 aromatic carbocycles. The van der Waals surface area contributed by atoms with Gasteiger partial charge in [0.2, 0.25) is 0 Å². The first-order valence-electron chi connectivity index (χ1n) is 3.41. The average molecular weight is 192 g/mol. The van der Waals surface area contributed by atoms with E-state index in [1.807, 2.05) is 0 Å². The zero-order valence-corrected chi connectivity index (χ0v) is 6.40. The standard InChI is InChI=1S/C7H5BF4O/c9-6-2-1-4(8-13)3-5(6)7(10,11)12/h1-3,8,13H. The number of hydrogen-bond acceptors (Lipinski definition) is 1. The molecular formula is C7H5BF4O. The van der Waals surface area contributed by atoms with E-state index in [9.17, 15) is 17.6 Å². The fourth-order valence-corrected chi connectivity index (χ4v) is 0.888. The van der Waals surface area contributed by atoms with Gasteiger partial charge in [-0.05, 0) is 6.07 Å². The third-order valence-corrected chi connectivity index (χ3v) is 1.52. The Hall–Kier alpha value is -1.04. The van der Waals surface area contributed by atoms with Crippen molar-refractivity contribution in [2.75, 3.05) is 0 Å². The molecule has 0 bridgehead atoms. The zero-order valence-electron chi connectivity index (χ0n) is 6.40. The second-order valence-electron chi connectivity index (χ2n) is 2.47. The van der Waals surface area contributed by atoms with Crippen LogP contribution in [0, 0.1) is 5.82 Å². The van der Waals surface area contributed by atoms with E-state index in [0.29, 0.717) is 12.1 Å². The van der Waals surface area contributed by atoms with Gasteiger partial charge in [-0.2, -0.15) is 13.2 Å². The molecule has 70 valence electrons. The monoisotopic (exact) mass is 192 g/mol. The van der Waals surface area contributed by atoms with Crippen LogP contribution in [-0.2, 0) is 6.18 Å². The number of rotatable bonds is 1. The summed E-state index contributed by atoms with van der Waals surface area (Å²) >= 11 is 0. The highest BCUT2D eigenvalue weighted by atomic mass is 19.4. The van der Waals surface area contributed by atoms with Gasteiger partial charge in [-0.15, -0.1) is 0 Å². The first-order chi connectivity index (χ1) is 5.95. The maximum Gasteiger partial charge on any atom is 0.419 e. The molecule has 0 fully saturated rings. The quantitative estimate of drug-likeness (QED) is 0.515. The highest BCUT2D eigenvalue weighted by Gasteiger charge is 2.34. The van der Waals surface area contributed by atoms with Gasteiger partial charge in [0.15, 0.2) is 0 Å². The van der Waals surface area contributed by atoms with Crippen LogP contribution >= 0.6 is 0 Å². The minimum absolute atomic E-state index is 0.0359. The van der Waals surface area contributed by atoms with Crippen molar-refractivity contribution in [3.05, 3.63) is 29.6 Å². The molecule has 0 aliphatic heterocycles. The SMILES string of the molecule is OBc1ccc(F)c(C(F)(F)F)c1. The average Bonchev–Trinajstić information content (AvgIpc) is 2.03. The molecule has 1 rings (SSSR count). The lowest BCUT2D eigenvalue weighted by atomic mass is 9.87. The highest BCUT2D eigenvalue weighted by molar-refractivity contribution is 6.45. The van der Waals surface area contributed by atoms with Gasteiger partial charge < -0.3 is 5.02 Å². The van der Waals surface area contributed by atoms with Gasteiger partial charge in [-0.25, -0.2) is 4.39 Å². The van der Waals surface area contributed by atoms with E-state index in [-0.39, 0.29) is 5.46 Å². The van der Waals surface area contributed by atoms with Crippen molar-refractivity contribution in [2.24, 2.45) is 0 Å². The summed E-state index contributed by atoms with van der Waals surface area (Å²) in [6.45, 7) is 0. The summed E-state index contributed by atoms with van der Waals surface area (Å²) in [4.78, 5) is 0. The molecule has 1 aromatic rings. The summed E-state index contributed by atoms with van der Waals surface area (Å²) in [6.07, 6.45) is -4.71. The predicted molar refractivity (Wildman–Crippen MR) is 40.4 cm³/mol. The highest BCUT2D eigenvalue weighted by Crippen LogP contribution is 2.30. The van der Waals surface area contributed by atoms with E-state index in [4.69, 9.17) is 5.02 Å². The first kappa shape index (κ1) is 10.0. The Bertz CT molecular complexity index is 310. The van der Waals surface area contributed by atoms with Crippen molar-refractivity contribution in [2.45, 2.75) is 6.18 Å². The van der Waals surface area contributed by atoms with Crippen LogP contribution in [0.1, 0.15) is 5.56 Å². The molecule has 0 aromatic heterocycles. The van der Waals surface area contributed by atoms with Gasteiger partial charge in [-0.3, -0.25) is 0 Å². The van der Waals surface area contributed by atoms with Gasteiger partial charge in [0.1, 0.15) is 5.82 Å². The van der Waals surface area contributed by atoms with Gasteiger partial charge in [0.05, 0.1) is 5.56 Å². The molecule has 0 heterocycles. The Morgan fingerprint density at radius 1 is 1.23 bits per heavy atom. The van der Waals surface area contributed by atoms with Crippen LogP contribution in [-0.4, -0.2) is 12.5 Å². The molecule has 0 aliphatic rings. The third kappa shape index (κ3) is 2.21. The summed E-state index contributed by atoms with van der Waals surface area (Å²) < 4.78 is 48.7. The smallest absolute Gasteiger partial charge is 0.419 e. The number of benzene rings is 1. The molecule has 1 nitrogen and oxygen atoms in total. The Kier molecular flexibility index (Phi) is 2.61. The van der Waals surface area contributed by atoms with Crippen molar-refractivity contribution < 1.29 is 22.6 Å². The summed E-state index contributed by atoms with van der Waals surface area (Å²) in [5, 5.41) is 8.53. The van der Waals surface area contributed by atoms with E-state index >= 15 is 0 Å². The van der Waals surface area contributed by atoms with E-state index in [1.165, 1.54) is 0 Å². The van der Waals surface area contributed by atoms with Crippen molar-refractivity contribution >= 4 is 12.9 Å². The van der Waals surface area contributed by atoms with Crippen molar-refractivity contribution in [1.29, 1.82) is 0 Å². The summed E-state index contributed by atoms with van der Waals surface area (Å²) in [6, 6.07) is 2.38. The summed E-state index contributed by atoms with van der Waals surface area (Å²) in [5.41, 5.74) is -1.31. The minimum atomic E-state index is -4.71. The van der Waals surface area contributed by atoms with Crippen LogP contribution in [0.4, 0.5) is 17.6 Å². The number of alkyl halides is 3. The van der Waals surface area contributed by atoms with Gasteiger partial charge >= 0.3 is 13.7 Å². The van der Waals surface area contributed by atoms with Crippen LogP contribution in [0.15, 0.2) is 18.2 Å². The summed E-state index contributed by atoms with van der Waals surface area (Å²) in [7, 11) is -0.538. The summed E-state index contributed by atoms with van der Waals surface area (Å²) in [5.74, 6) is -1.33.